The van der Waals surface area contributed by atoms with Gasteiger partial charge in [-0.2, -0.15) is 0 Å². The third-order valence-electron chi connectivity index (χ3n) is 3.11. The predicted octanol–water partition coefficient (Wildman–Crippen LogP) is 2.18. The topological polar surface area (TPSA) is 53.0 Å². The fraction of sp³-hybridized carbons (Fsp3) is 0.231. The molecular weight excluding hydrogens is 357 g/mol. The Morgan fingerprint density at radius 1 is 1.42 bits per heavy atom. The molecule has 2 aromatic heterocycles. The van der Waals surface area contributed by atoms with Crippen LogP contribution in [0.5, 0.6) is 0 Å². The maximum atomic E-state index is 11.9. The minimum absolute atomic E-state index is 0.314. The number of hydrogen-bond acceptors (Lipinski definition) is 3. The lowest BCUT2D eigenvalue weighted by Gasteiger charge is -2.03. The Morgan fingerprint density at radius 2 is 2.26 bits per heavy atom. The smallest absolute Gasteiger partial charge is 0.408 e. The molecule has 0 fully saturated rings. The monoisotopic (exact) mass is 369 g/mol. The number of imidazole rings is 1. The molecule has 0 unspecified atom stereocenters. The molecule has 0 bridgehead atoms. The number of nitrogens with zero attached hydrogens (tertiary/aromatic N) is 3. The molecule has 0 saturated heterocycles. The third-order valence-corrected chi connectivity index (χ3v) is 3.78. The van der Waals surface area contributed by atoms with Crippen LogP contribution in [0.3, 0.4) is 0 Å². The lowest BCUT2D eigenvalue weighted by molar-refractivity contribution is 0.501. The van der Waals surface area contributed by atoms with Crippen molar-refractivity contribution in [2.75, 3.05) is 0 Å². The standard InChI is InChI=1S/C13H12IN3O2/c1-16-7-5-15-12(16)4-6-17-10-8-9(14)2-3-11(10)19-13(17)18/h2-3,5,7-8H,4,6H2,1H3. The highest BCUT2D eigenvalue weighted by Gasteiger charge is 2.10. The molecule has 0 N–H and O–H groups in total. The van der Waals surface area contributed by atoms with Gasteiger partial charge in [-0.05, 0) is 40.8 Å². The Labute approximate surface area is 123 Å². The van der Waals surface area contributed by atoms with Gasteiger partial charge in [-0.1, -0.05) is 0 Å². The van der Waals surface area contributed by atoms with Gasteiger partial charge >= 0.3 is 5.76 Å². The first-order valence-corrected chi connectivity index (χ1v) is 6.98. The molecule has 0 spiro atoms. The molecule has 5 nitrogen and oxygen atoms in total. The van der Waals surface area contributed by atoms with Crippen molar-refractivity contribution in [1.29, 1.82) is 0 Å². The largest absolute Gasteiger partial charge is 0.419 e. The summed E-state index contributed by atoms with van der Waals surface area (Å²) in [7, 11) is 1.95. The molecule has 19 heavy (non-hydrogen) atoms. The van der Waals surface area contributed by atoms with Crippen LogP contribution in [0.25, 0.3) is 11.1 Å². The lowest BCUT2D eigenvalue weighted by atomic mass is 10.3. The van der Waals surface area contributed by atoms with E-state index in [1.165, 1.54) is 0 Å². The second kappa shape index (κ2) is 4.84. The first-order valence-electron chi connectivity index (χ1n) is 5.90. The van der Waals surface area contributed by atoms with Crippen molar-refractivity contribution in [2.45, 2.75) is 13.0 Å². The van der Waals surface area contributed by atoms with E-state index in [1.54, 1.807) is 10.8 Å². The van der Waals surface area contributed by atoms with E-state index in [9.17, 15) is 4.79 Å². The number of aromatic nitrogens is 3. The molecule has 0 atom stereocenters. The van der Waals surface area contributed by atoms with E-state index in [0.717, 1.165) is 14.9 Å². The van der Waals surface area contributed by atoms with E-state index >= 15 is 0 Å². The van der Waals surface area contributed by atoms with Gasteiger partial charge in [0.15, 0.2) is 5.58 Å². The SMILES string of the molecule is Cn1ccnc1CCn1c(=O)oc2ccc(I)cc21. The van der Waals surface area contributed by atoms with Crippen molar-refractivity contribution in [3.63, 3.8) is 0 Å². The second-order valence-corrected chi connectivity index (χ2v) is 5.58. The molecule has 3 rings (SSSR count). The Balaban J connectivity index is 1.96. The number of oxazole rings is 1. The van der Waals surface area contributed by atoms with Gasteiger partial charge in [0.2, 0.25) is 0 Å². The summed E-state index contributed by atoms with van der Waals surface area (Å²) in [5.74, 6) is 0.637. The van der Waals surface area contributed by atoms with Crippen molar-refractivity contribution in [1.82, 2.24) is 14.1 Å². The molecule has 1 aromatic carbocycles. The molecule has 0 aliphatic carbocycles. The average molecular weight is 369 g/mol. The fourth-order valence-electron chi connectivity index (χ4n) is 2.10. The molecule has 98 valence electrons. The summed E-state index contributed by atoms with van der Waals surface area (Å²) in [5, 5.41) is 0. The minimum atomic E-state index is -0.314. The third kappa shape index (κ3) is 2.32. The zero-order valence-electron chi connectivity index (χ0n) is 10.3. The number of fused-ring (bicyclic) bond motifs is 1. The Hall–Kier alpha value is -1.57. The molecule has 0 amide bonds. The second-order valence-electron chi connectivity index (χ2n) is 4.34. The van der Waals surface area contributed by atoms with E-state index in [1.807, 2.05) is 36.0 Å². The molecule has 0 aliphatic rings. The summed E-state index contributed by atoms with van der Waals surface area (Å²) in [4.78, 5) is 16.1. The van der Waals surface area contributed by atoms with Crippen LogP contribution in [-0.2, 0) is 20.0 Å². The molecule has 3 aromatic rings. The van der Waals surface area contributed by atoms with Gasteiger partial charge in [-0.25, -0.2) is 9.78 Å². The van der Waals surface area contributed by atoms with E-state index < -0.39 is 0 Å². The van der Waals surface area contributed by atoms with Crippen LogP contribution in [0.1, 0.15) is 5.82 Å². The van der Waals surface area contributed by atoms with Crippen molar-refractivity contribution in [3.05, 3.63) is 50.5 Å². The van der Waals surface area contributed by atoms with Crippen LogP contribution in [0, 0.1) is 3.57 Å². The summed E-state index contributed by atoms with van der Waals surface area (Å²) in [6, 6.07) is 5.71. The number of halogens is 1. The highest BCUT2D eigenvalue weighted by atomic mass is 127. The number of rotatable bonds is 3. The summed E-state index contributed by atoms with van der Waals surface area (Å²) in [5.41, 5.74) is 1.47. The number of aryl methyl sites for hydroxylation is 3. The van der Waals surface area contributed by atoms with Gasteiger partial charge in [0, 0.05) is 36.0 Å². The molecular formula is C13H12IN3O2. The average Bonchev–Trinajstić information content (AvgIpc) is 2.90. The van der Waals surface area contributed by atoms with Crippen molar-refractivity contribution in [2.24, 2.45) is 7.05 Å². The van der Waals surface area contributed by atoms with Crippen LogP contribution in [0.2, 0.25) is 0 Å². The molecule has 2 heterocycles. The quantitative estimate of drug-likeness (QED) is 0.665. The van der Waals surface area contributed by atoms with Crippen LogP contribution < -0.4 is 5.76 Å². The van der Waals surface area contributed by atoms with Gasteiger partial charge in [0.25, 0.3) is 0 Å². The first kappa shape index (κ1) is 12.5. The van der Waals surface area contributed by atoms with E-state index in [0.29, 0.717) is 18.5 Å². The van der Waals surface area contributed by atoms with E-state index in [2.05, 4.69) is 27.6 Å². The maximum absolute atomic E-state index is 11.9. The highest BCUT2D eigenvalue weighted by molar-refractivity contribution is 14.1. The molecule has 6 heteroatoms. The Bertz CT molecular complexity index is 785. The van der Waals surface area contributed by atoms with Gasteiger partial charge < -0.3 is 8.98 Å². The summed E-state index contributed by atoms with van der Waals surface area (Å²) in [6.45, 7) is 0.566. The van der Waals surface area contributed by atoms with Gasteiger partial charge in [0.05, 0.1) is 5.52 Å². The minimum Gasteiger partial charge on any atom is -0.408 e. The zero-order chi connectivity index (χ0) is 13.4. The maximum Gasteiger partial charge on any atom is 0.419 e. The summed E-state index contributed by atoms with van der Waals surface area (Å²) in [6.07, 6.45) is 4.35. The summed E-state index contributed by atoms with van der Waals surface area (Å²) >= 11 is 2.22. The van der Waals surface area contributed by atoms with Crippen molar-refractivity contribution >= 4 is 33.7 Å². The van der Waals surface area contributed by atoms with Crippen LogP contribution in [0.15, 0.2) is 39.8 Å². The van der Waals surface area contributed by atoms with E-state index in [-0.39, 0.29) is 5.76 Å². The first-order chi connectivity index (χ1) is 9.15. The van der Waals surface area contributed by atoms with Crippen LogP contribution >= 0.6 is 22.6 Å². The van der Waals surface area contributed by atoms with Crippen LogP contribution in [0.4, 0.5) is 0 Å². The van der Waals surface area contributed by atoms with Gasteiger partial charge in [-0.15, -0.1) is 0 Å². The lowest BCUT2D eigenvalue weighted by Crippen LogP contribution is -2.16. The fourth-order valence-corrected chi connectivity index (χ4v) is 2.57. The number of benzene rings is 1. The molecule has 0 radical (unpaired) electrons. The normalized spacial score (nSPS) is 11.3. The molecule has 0 aliphatic heterocycles. The highest BCUT2D eigenvalue weighted by Crippen LogP contribution is 2.16. The Kier molecular flexibility index (Phi) is 3.17. The van der Waals surface area contributed by atoms with Crippen molar-refractivity contribution < 1.29 is 4.42 Å². The van der Waals surface area contributed by atoms with Gasteiger partial charge in [0.1, 0.15) is 5.82 Å². The predicted molar refractivity (Wildman–Crippen MR) is 80.1 cm³/mol. The Morgan fingerprint density at radius 3 is 3.00 bits per heavy atom. The summed E-state index contributed by atoms with van der Waals surface area (Å²) < 4.78 is 9.93. The van der Waals surface area contributed by atoms with Crippen LogP contribution in [-0.4, -0.2) is 14.1 Å². The van der Waals surface area contributed by atoms with E-state index in [4.69, 9.17) is 4.42 Å². The molecule has 0 saturated carbocycles. The van der Waals surface area contributed by atoms with Crippen molar-refractivity contribution in [3.8, 4) is 0 Å². The van der Waals surface area contributed by atoms with Gasteiger partial charge in [-0.3, -0.25) is 4.57 Å². The zero-order valence-corrected chi connectivity index (χ0v) is 12.5. The number of hydrogen-bond donors (Lipinski definition) is 0.